The summed E-state index contributed by atoms with van der Waals surface area (Å²) in [5, 5.41) is 3.00. The molecular weight excluding hydrogens is 205 g/mol. The second-order valence-corrected chi connectivity index (χ2v) is 3.62. The molecule has 2 nitrogen and oxygen atoms in total. The topological polar surface area (TPSA) is 38.0 Å². The van der Waals surface area contributed by atoms with Crippen molar-refractivity contribution in [2.24, 2.45) is 5.73 Å². The van der Waals surface area contributed by atoms with Crippen LogP contribution in [0.15, 0.2) is 23.4 Å². The summed E-state index contributed by atoms with van der Waals surface area (Å²) in [6, 6.07) is 0.254. The van der Waals surface area contributed by atoms with Crippen LogP contribution in [0.1, 0.15) is 20.8 Å². The van der Waals surface area contributed by atoms with E-state index < -0.39 is 11.7 Å². The number of nitrogens with two attached hydrogens (primary N) is 1. The van der Waals surface area contributed by atoms with Crippen LogP contribution in [0.25, 0.3) is 0 Å². The van der Waals surface area contributed by atoms with Gasteiger partial charge in [0.2, 0.25) is 0 Å². The number of nitrogens with one attached hydrogen (secondary N) is 1. The predicted octanol–water partition coefficient (Wildman–Crippen LogP) is 2.34. The first-order valence-electron chi connectivity index (χ1n) is 4.67. The Morgan fingerprint density at radius 3 is 2.27 bits per heavy atom. The van der Waals surface area contributed by atoms with Crippen LogP contribution in [0.5, 0.6) is 0 Å². The molecule has 0 aromatic carbocycles. The van der Waals surface area contributed by atoms with Crippen LogP contribution < -0.4 is 11.1 Å². The molecule has 0 saturated heterocycles. The van der Waals surface area contributed by atoms with Crippen molar-refractivity contribution < 1.29 is 13.2 Å². The molecule has 0 aliphatic carbocycles. The highest BCUT2D eigenvalue weighted by molar-refractivity contribution is 5.18. The molecule has 0 aliphatic heterocycles. The first kappa shape index (κ1) is 14.0. The lowest BCUT2D eigenvalue weighted by molar-refractivity contribution is -0.0912. The lowest BCUT2D eigenvalue weighted by Gasteiger charge is -2.08. The van der Waals surface area contributed by atoms with Gasteiger partial charge >= 0.3 is 6.18 Å². The summed E-state index contributed by atoms with van der Waals surface area (Å²) in [4.78, 5) is 0. The van der Waals surface area contributed by atoms with Crippen molar-refractivity contribution in [1.82, 2.24) is 5.32 Å². The number of halogens is 3. The summed E-state index contributed by atoms with van der Waals surface area (Å²) in [5.41, 5.74) is 5.22. The molecular formula is C10H17F3N2. The van der Waals surface area contributed by atoms with Crippen LogP contribution >= 0.6 is 0 Å². The Morgan fingerprint density at radius 1 is 1.33 bits per heavy atom. The third-order valence-corrected chi connectivity index (χ3v) is 1.71. The monoisotopic (exact) mass is 222 g/mol. The van der Waals surface area contributed by atoms with Gasteiger partial charge < -0.3 is 11.1 Å². The summed E-state index contributed by atoms with van der Waals surface area (Å²) < 4.78 is 36.2. The average molecular weight is 222 g/mol. The summed E-state index contributed by atoms with van der Waals surface area (Å²) >= 11 is 0. The minimum atomic E-state index is -4.28. The smallest absolute Gasteiger partial charge is 0.401 e. The van der Waals surface area contributed by atoms with Gasteiger partial charge in [0.05, 0.1) is 0 Å². The number of hydrogen-bond donors (Lipinski definition) is 2. The van der Waals surface area contributed by atoms with E-state index in [4.69, 9.17) is 5.73 Å². The fourth-order valence-electron chi connectivity index (χ4n) is 0.707. The lowest BCUT2D eigenvalue weighted by Crippen LogP contribution is -2.27. The zero-order valence-corrected chi connectivity index (χ0v) is 9.15. The second kappa shape index (κ2) is 5.80. The molecule has 88 valence electrons. The molecule has 0 aromatic heterocycles. The predicted molar refractivity (Wildman–Crippen MR) is 55.2 cm³/mol. The molecule has 0 rings (SSSR count). The first-order chi connectivity index (χ1) is 6.73. The SMILES string of the molecule is C/C(=C\C=C(/N)CNC(C)C)C(F)(F)F. The van der Waals surface area contributed by atoms with Crippen molar-refractivity contribution in [1.29, 1.82) is 0 Å². The van der Waals surface area contributed by atoms with Gasteiger partial charge in [-0.15, -0.1) is 0 Å². The molecule has 0 atom stereocenters. The molecule has 0 unspecified atom stereocenters. The maximum absolute atomic E-state index is 12.1. The Balaban J connectivity index is 4.26. The molecule has 3 N–H and O–H groups in total. The van der Waals surface area contributed by atoms with Crippen molar-refractivity contribution >= 4 is 0 Å². The molecule has 0 fully saturated rings. The zero-order chi connectivity index (χ0) is 12.1. The van der Waals surface area contributed by atoms with E-state index >= 15 is 0 Å². The normalized spacial score (nSPS) is 14.9. The molecule has 5 heteroatoms. The van der Waals surface area contributed by atoms with Crippen LogP contribution in [-0.4, -0.2) is 18.8 Å². The zero-order valence-electron chi connectivity index (χ0n) is 9.15. The van der Waals surface area contributed by atoms with Crippen LogP contribution in [0.4, 0.5) is 13.2 Å². The molecule has 0 amide bonds. The standard InChI is InChI=1S/C10H17F3N2/c1-7(2)15-6-9(14)5-4-8(3)10(11,12)13/h4-5,7,15H,6,14H2,1-3H3/b8-4+,9-5-. The third kappa shape index (κ3) is 7.02. The van der Waals surface area contributed by atoms with E-state index in [0.29, 0.717) is 12.2 Å². The Hall–Kier alpha value is -0.970. The first-order valence-corrected chi connectivity index (χ1v) is 4.67. The van der Waals surface area contributed by atoms with E-state index in [1.165, 1.54) is 6.08 Å². The van der Waals surface area contributed by atoms with Crippen molar-refractivity contribution in [2.45, 2.75) is 33.0 Å². The van der Waals surface area contributed by atoms with E-state index in [9.17, 15) is 13.2 Å². The van der Waals surface area contributed by atoms with Gasteiger partial charge in [-0.1, -0.05) is 19.9 Å². The molecule has 15 heavy (non-hydrogen) atoms. The number of alkyl halides is 3. The van der Waals surface area contributed by atoms with Crippen LogP contribution in [0.3, 0.4) is 0 Å². The maximum Gasteiger partial charge on any atom is 0.412 e. The molecule has 0 spiro atoms. The van der Waals surface area contributed by atoms with Gasteiger partial charge in [0, 0.05) is 23.9 Å². The maximum atomic E-state index is 12.1. The Kier molecular flexibility index (Phi) is 5.43. The van der Waals surface area contributed by atoms with E-state index in [1.807, 2.05) is 13.8 Å². The molecule has 0 radical (unpaired) electrons. The molecule has 0 bridgehead atoms. The van der Waals surface area contributed by atoms with Crippen LogP contribution in [-0.2, 0) is 0 Å². The number of allylic oxidation sites excluding steroid dienone is 3. The van der Waals surface area contributed by atoms with Crippen molar-refractivity contribution in [3.8, 4) is 0 Å². The average Bonchev–Trinajstić information content (AvgIpc) is 2.09. The van der Waals surface area contributed by atoms with Gasteiger partial charge in [-0.25, -0.2) is 0 Å². The van der Waals surface area contributed by atoms with Crippen molar-refractivity contribution in [3.05, 3.63) is 23.4 Å². The summed E-state index contributed by atoms with van der Waals surface area (Å²) in [5.74, 6) is 0. The minimum Gasteiger partial charge on any atom is -0.401 e. The third-order valence-electron chi connectivity index (χ3n) is 1.71. The minimum absolute atomic E-state index is 0.254. The fraction of sp³-hybridized carbons (Fsp3) is 0.600. The van der Waals surface area contributed by atoms with E-state index in [0.717, 1.165) is 13.0 Å². The van der Waals surface area contributed by atoms with E-state index in [2.05, 4.69) is 5.32 Å². The van der Waals surface area contributed by atoms with Crippen molar-refractivity contribution in [2.75, 3.05) is 6.54 Å². The lowest BCUT2D eigenvalue weighted by atomic mass is 10.2. The second-order valence-electron chi connectivity index (χ2n) is 3.62. The van der Waals surface area contributed by atoms with Gasteiger partial charge in [0.15, 0.2) is 0 Å². The largest absolute Gasteiger partial charge is 0.412 e. The quantitative estimate of drug-likeness (QED) is 0.716. The summed E-state index contributed by atoms with van der Waals surface area (Å²) in [6.45, 7) is 5.27. The van der Waals surface area contributed by atoms with Gasteiger partial charge in [-0.3, -0.25) is 0 Å². The van der Waals surface area contributed by atoms with Gasteiger partial charge in [-0.2, -0.15) is 13.2 Å². The van der Waals surface area contributed by atoms with E-state index in [1.54, 1.807) is 0 Å². The van der Waals surface area contributed by atoms with Crippen LogP contribution in [0.2, 0.25) is 0 Å². The Labute approximate surface area is 88.0 Å². The highest BCUT2D eigenvalue weighted by Crippen LogP contribution is 2.24. The molecule has 0 saturated carbocycles. The van der Waals surface area contributed by atoms with E-state index in [-0.39, 0.29) is 6.04 Å². The van der Waals surface area contributed by atoms with Gasteiger partial charge in [0.25, 0.3) is 0 Å². The number of hydrogen-bond acceptors (Lipinski definition) is 2. The highest BCUT2D eigenvalue weighted by atomic mass is 19.4. The molecule has 0 aromatic rings. The van der Waals surface area contributed by atoms with Crippen LogP contribution in [0, 0.1) is 0 Å². The summed E-state index contributed by atoms with van der Waals surface area (Å²) in [6.07, 6.45) is -2.02. The number of rotatable bonds is 4. The molecule has 0 aliphatic rings. The summed E-state index contributed by atoms with van der Waals surface area (Å²) in [7, 11) is 0. The van der Waals surface area contributed by atoms with Crippen molar-refractivity contribution in [3.63, 3.8) is 0 Å². The Morgan fingerprint density at radius 2 is 1.87 bits per heavy atom. The Bertz CT molecular complexity index is 252. The molecule has 0 heterocycles. The van der Waals surface area contributed by atoms with Gasteiger partial charge in [0.1, 0.15) is 0 Å². The highest BCUT2D eigenvalue weighted by Gasteiger charge is 2.29. The fourth-order valence-corrected chi connectivity index (χ4v) is 0.707. The van der Waals surface area contributed by atoms with Gasteiger partial charge in [-0.05, 0) is 13.0 Å².